The molecule has 0 saturated carbocycles. The number of methoxy groups -OCH3 is 2. The van der Waals surface area contributed by atoms with Gasteiger partial charge in [-0.2, -0.15) is 0 Å². The lowest BCUT2D eigenvalue weighted by Crippen LogP contribution is -2.38. The van der Waals surface area contributed by atoms with E-state index in [1.807, 2.05) is 18.0 Å². The maximum atomic E-state index is 12.6. The molecule has 1 aromatic carbocycles. The van der Waals surface area contributed by atoms with Crippen molar-refractivity contribution in [1.29, 1.82) is 0 Å². The minimum atomic E-state index is 0. The summed E-state index contributed by atoms with van der Waals surface area (Å²) in [4.78, 5) is 14.4. The summed E-state index contributed by atoms with van der Waals surface area (Å²) >= 11 is 2.16. The first-order valence-electron chi connectivity index (χ1n) is 6.48. The van der Waals surface area contributed by atoms with Crippen LogP contribution in [0.4, 0.5) is 0 Å². The Bertz CT molecular complexity index is 507. The maximum Gasteiger partial charge on any atom is 0.255 e. The Morgan fingerprint density at radius 2 is 1.95 bits per heavy atom. The van der Waals surface area contributed by atoms with E-state index in [1.54, 1.807) is 20.3 Å². The van der Waals surface area contributed by atoms with Gasteiger partial charge in [0, 0.05) is 23.2 Å². The predicted octanol–water partition coefficient (Wildman–Crippen LogP) is 2.16. The summed E-state index contributed by atoms with van der Waals surface area (Å²) in [6, 6.07) is 3.83. The zero-order valence-electron chi connectivity index (χ0n) is 12.3. The Kier molecular flexibility index (Phi) is 7.02. The number of ether oxygens (including phenoxy) is 2. The zero-order chi connectivity index (χ0) is 14.7. The highest BCUT2D eigenvalue weighted by molar-refractivity contribution is 14.1. The third-order valence-electron chi connectivity index (χ3n) is 3.61. The number of halogens is 2. The van der Waals surface area contributed by atoms with Crippen LogP contribution in [0.3, 0.4) is 0 Å². The second-order valence-electron chi connectivity index (χ2n) is 4.75. The Morgan fingerprint density at radius 1 is 1.33 bits per heavy atom. The van der Waals surface area contributed by atoms with E-state index < -0.39 is 0 Å². The van der Waals surface area contributed by atoms with Gasteiger partial charge in [0.1, 0.15) is 0 Å². The summed E-state index contributed by atoms with van der Waals surface area (Å²) < 4.78 is 11.4. The molecule has 0 radical (unpaired) electrons. The molecule has 0 aliphatic carbocycles. The fourth-order valence-electron chi connectivity index (χ4n) is 2.34. The van der Waals surface area contributed by atoms with Gasteiger partial charge in [0.05, 0.1) is 19.8 Å². The molecule has 1 heterocycles. The number of nitrogens with zero attached hydrogens (tertiary/aromatic N) is 1. The summed E-state index contributed by atoms with van der Waals surface area (Å²) in [7, 11) is 5.02. The van der Waals surface area contributed by atoms with E-state index in [0.29, 0.717) is 17.1 Å². The summed E-state index contributed by atoms with van der Waals surface area (Å²) in [6.07, 6.45) is 0.992. The highest BCUT2D eigenvalue weighted by Gasteiger charge is 2.26. The Labute approximate surface area is 144 Å². The van der Waals surface area contributed by atoms with Crippen LogP contribution in [-0.4, -0.2) is 51.2 Å². The van der Waals surface area contributed by atoms with Crippen molar-refractivity contribution in [3.05, 3.63) is 21.3 Å². The molecule has 1 atom stereocenters. The van der Waals surface area contributed by atoms with E-state index >= 15 is 0 Å². The van der Waals surface area contributed by atoms with E-state index in [9.17, 15) is 4.79 Å². The van der Waals surface area contributed by atoms with Crippen molar-refractivity contribution in [3.63, 3.8) is 0 Å². The molecule has 0 bridgehead atoms. The summed E-state index contributed by atoms with van der Waals surface area (Å²) in [5.74, 6) is 1.23. The molecule has 0 spiro atoms. The number of carbonyl (C=O) groups is 1. The van der Waals surface area contributed by atoms with Crippen LogP contribution in [0.1, 0.15) is 16.8 Å². The van der Waals surface area contributed by atoms with Crippen LogP contribution in [0.5, 0.6) is 11.5 Å². The molecular formula is C14H20ClIN2O3. The molecule has 1 unspecified atom stereocenters. The highest BCUT2D eigenvalue weighted by atomic mass is 127. The number of amides is 1. The number of hydrogen-bond donors (Lipinski definition) is 1. The topological polar surface area (TPSA) is 50.8 Å². The van der Waals surface area contributed by atoms with Crippen LogP contribution in [0.25, 0.3) is 0 Å². The molecule has 118 valence electrons. The largest absolute Gasteiger partial charge is 0.493 e. The molecular weight excluding hydrogens is 407 g/mol. The lowest BCUT2D eigenvalue weighted by atomic mass is 10.1. The van der Waals surface area contributed by atoms with Gasteiger partial charge in [-0.1, -0.05) is 0 Å². The van der Waals surface area contributed by atoms with Gasteiger partial charge in [0.25, 0.3) is 5.91 Å². The van der Waals surface area contributed by atoms with Gasteiger partial charge in [-0.25, -0.2) is 0 Å². The Morgan fingerprint density at radius 3 is 2.48 bits per heavy atom. The minimum Gasteiger partial charge on any atom is -0.493 e. The first kappa shape index (κ1) is 18.3. The molecule has 7 heteroatoms. The second-order valence-corrected chi connectivity index (χ2v) is 5.91. The van der Waals surface area contributed by atoms with Crippen molar-refractivity contribution in [2.24, 2.45) is 0 Å². The third-order valence-corrected chi connectivity index (χ3v) is 4.50. The molecule has 1 aromatic rings. The van der Waals surface area contributed by atoms with Gasteiger partial charge in [-0.3, -0.25) is 4.79 Å². The summed E-state index contributed by atoms with van der Waals surface area (Å²) in [6.45, 7) is 1.82. The zero-order valence-corrected chi connectivity index (χ0v) is 15.3. The number of benzene rings is 1. The van der Waals surface area contributed by atoms with E-state index in [4.69, 9.17) is 9.47 Å². The first-order valence-corrected chi connectivity index (χ1v) is 7.55. The van der Waals surface area contributed by atoms with Crippen molar-refractivity contribution in [2.75, 3.05) is 34.4 Å². The average Bonchev–Trinajstić information content (AvgIpc) is 2.99. The second kappa shape index (κ2) is 8.05. The molecule has 1 aliphatic rings. The van der Waals surface area contributed by atoms with E-state index in [0.717, 1.165) is 23.1 Å². The van der Waals surface area contributed by atoms with Gasteiger partial charge >= 0.3 is 0 Å². The molecule has 2 rings (SSSR count). The van der Waals surface area contributed by atoms with Crippen molar-refractivity contribution < 1.29 is 14.3 Å². The number of rotatable bonds is 4. The fraction of sp³-hybridized carbons (Fsp3) is 0.500. The monoisotopic (exact) mass is 426 g/mol. The van der Waals surface area contributed by atoms with Gasteiger partial charge in [-0.05, 0) is 47.7 Å². The normalized spacial score (nSPS) is 17.0. The molecule has 5 nitrogen and oxygen atoms in total. The van der Waals surface area contributed by atoms with Crippen LogP contribution in [0.2, 0.25) is 0 Å². The fourth-order valence-corrected chi connectivity index (χ4v) is 3.01. The van der Waals surface area contributed by atoms with Crippen molar-refractivity contribution in [3.8, 4) is 11.5 Å². The molecule has 1 aliphatic heterocycles. The van der Waals surface area contributed by atoms with Crippen molar-refractivity contribution in [2.45, 2.75) is 12.5 Å². The smallest absolute Gasteiger partial charge is 0.255 e. The quantitative estimate of drug-likeness (QED) is 0.750. The summed E-state index contributed by atoms with van der Waals surface area (Å²) in [5.41, 5.74) is 0.651. The molecule has 1 N–H and O–H groups in total. The Balaban J connectivity index is 0.00000220. The van der Waals surface area contributed by atoms with Crippen LogP contribution in [0.15, 0.2) is 12.1 Å². The van der Waals surface area contributed by atoms with Gasteiger partial charge in [0.2, 0.25) is 0 Å². The van der Waals surface area contributed by atoms with Crippen LogP contribution in [-0.2, 0) is 0 Å². The number of hydrogen-bond acceptors (Lipinski definition) is 4. The minimum absolute atomic E-state index is 0. The standard InChI is InChI=1S/C14H19IN2O3.ClH/c1-17(9-4-5-16-8-9)14(18)10-6-12(19-2)13(20-3)7-11(10)15;/h6-7,9,16H,4-5,8H2,1-3H3;1H. The van der Waals surface area contributed by atoms with Gasteiger partial charge in [0.15, 0.2) is 11.5 Å². The number of likely N-dealkylation sites (N-methyl/N-ethyl adjacent to an activating group) is 1. The van der Waals surface area contributed by atoms with Crippen LogP contribution in [0, 0.1) is 3.57 Å². The molecule has 1 fully saturated rings. The Hall–Kier alpha value is -0.730. The number of carbonyl (C=O) groups excluding carboxylic acids is 1. The number of nitrogens with one attached hydrogen (secondary N) is 1. The van der Waals surface area contributed by atoms with E-state index in [1.165, 1.54) is 0 Å². The highest BCUT2D eigenvalue weighted by Crippen LogP contribution is 2.32. The molecule has 21 heavy (non-hydrogen) atoms. The van der Waals surface area contributed by atoms with Crippen molar-refractivity contribution >= 4 is 40.9 Å². The summed E-state index contributed by atoms with van der Waals surface area (Å²) in [5, 5.41) is 3.27. The van der Waals surface area contributed by atoms with Crippen LogP contribution < -0.4 is 14.8 Å². The first-order chi connectivity index (χ1) is 9.58. The van der Waals surface area contributed by atoms with Crippen molar-refractivity contribution in [1.82, 2.24) is 10.2 Å². The predicted molar refractivity (Wildman–Crippen MR) is 92.9 cm³/mol. The lowest BCUT2D eigenvalue weighted by molar-refractivity contribution is 0.0742. The van der Waals surface area contributed by atoms with Gasteiger partial charge in [-0.15, -0.1) is 12.4 Å². The third kappa shape index (κ3) is 3.92. The molecule has 1 saturated heterocycles. The molecule has 1 amide bonds. The molecule has 0 aromatic heterocycles. The van der Waals surface area contributed by atoms with E-state index in [2.05, 4.69) is 27.9 Å². The lowest BCUT2D eigenvalue weighted by Gasteiger charge is -2.24. The SMILES string of the molecule is COc1cc(I)c(C(=O)N(C)C2CCNC2)cc1OC.Cl. The average molecular weight is 427 g/mol. The van der Waals surface area contributed by atoms with Gasteiger partial charge < -0.3 is 19.7 Å². The maximum absolute atomic E-state index is 12.6. The van der Waals surface area contributed by atoms with Crippen LogP contribution >= 0.6 is 35.0 Å². The van der Waals surface area contributed by atoms with E-state index in [-0.39, 0.29) is 24.4 Å².